The summed E-state index contributed by atoms with van der Waals surface area (Å²) in [7, 11) is 0. The van der Waals surface area contributed by atoms with E-state index >= 15 is 0 Å². The van der Waals surface area contributed by atoms with E-state index < -0.39 is 0 Å². The van der Waals surface area contributed by atoms with Crippen molar-refractivity contribution in [3.8, 4) is 0 Å². The van der Waals surface area contributed by atoms with Crippen LogP contribution in [0.1, 0.15) is 37.3 Å². The van der Waals surface area contributed by atoms with Gasteiger partial charge in [0.05, 0.1) is 0 Å². The van der Waals surface area contributed by atoms with Crippen molar-refractivity contribution in [1.29, 1.82) is 0 Å². The summed E-state index contributed by atoms with van der Waals surface area (Å²) in [5.41, 5.74) is 3.15. The van der Waals surface area contributed by atoms with Crippen LogP contribution in [0.25, 0.3) is 10.9 Å². The fourth-order valence-electron chi connectivity index (χ4n) is 1.94. The third-order valence-corrected chi connectivity index (χ3v) is 3.21. The molecule has 1 N–H and O–H groups in total. The normalized spacial score (nSPS) is 12.9. The molecule has 0 saturated carbocycles. The van der Waals surface area contributed by atoms with Crippen molar-refractivity contribution < 1.29 is 0 Å². The second kappa shape index (κ2) is 4.12. The fourth-order valence-corrected chi connectivity index (χ4v) is 1.94. The zero-order valence-corrected chi connectivity index (χ0v) is 10.0. The minimum atomic E-state index is 0.170. The Morgan fingerprint density at radius 2 is 2.12 bits per heavy atom. The molecular weight excluding hydrogens is 198 g/mol. The largest absolute Gasteiger partial charge is 0.361 e. The average Bonchev–Trinajstić information content (AvgIpc) is 2.28. The standard InChI is InChI=1S/C14H17NO/c1-4-10(3)12-8-15-13-7-9(2)5-6-11(13)14(12)16/h5-8,10H,4H2,1-3H3,(H,15,16). The van der Waals surface area contributed by atoms with Crippen LogP contribution in [-0.2, 0) is 0 Å². The van der Waals surface area contributed by atoms with Crippen LogP contribution in [0.3, 0.4) is 0 Å². The van der Waals surface area contributed by atoms with Gasteiger partial charge in [-0.1, -0.05) is 19.9 Å². The topological polar surface area (TPSA) is 32.9 Å². The molecule has 0 fully saturated rings. The summed E-state index contributed by atoms with van der Waals surface area (Å²) >= 11 is 0. The van der Waals surface area contributed by atoms with Crippen molar-refractivity contribution in [1.82, 2.24) is 4.98 Å². The van der Waals surface area contributed by atoms with E-state index in [0.717, 1.165) is 22.9 Å². The molecule has 2 heteroatoms. The minimum absolute atomic E-state index is 0.170. The number of fused-ring (bicyclic) bond motifs is 1. The molecule has 2 nitrogen and oxygen atoms in total. The lowest BCUT2D eigenvalue weighted by Crippen LogP contribution is -2.12. The van der Waals surface area contributed by atoms with Gasteiger partial charge in [-0.3, -0.25) is 4.79 Å². The molecule has 1 atom stereocenters. The van der Waals surface area contributed by atoms with Crippen LogP contribution in [0, 0.1) is 6.92 Å². The van der Waals surface area contributed by atoms with Crippen molar-refractivity contribution in [3.05, 3.63) is 45.7 Å². The first-order chi connectivity index (χ1) is 7.63. The first kappa shape index (κ1) is 10.9. The summed E-state index contributed by atoms with van der Waals surface area (Å²) in [6.07, 6.45) is 2.85. The Kier molecular flexibility index (Phi) is 2.82. The van der Waals surface area contributed by atoms with Gasteiger partial charge in [-0.05, 0) is 37.0 Å². The summed E-state index contributed by atoms with van der Waals surface area (Å²) in [6.45, 7) is 6.22. The summed E-state index contributed by atoms with van der Waals surface area (Å²) in [4.78, 5) is 15.4. The van der Waals surface area contributed by atoms with E-state index in [9.17, 15) is 4.79 Å². The van der Waals surface area contributed by atoms with Gasteiger partial charge < -0.3 is 4.98 Å². The van der Waals surface area contributed by atoms with Gasteiger partial charge in [0, 0.05) is 22.7 Å². The van der Waals surface area contributed by atoms with Crippen LogP contribution in [0.2, 0.25) is 0 Å². The number of aromatic amines is 1. The maximum Gasteiger partial charge on any atom is 0.192 e. The number of hydrogen-bond acceptors (Lipinski definition) is 1. The molecule has 1 unspecified atom stereocenters. The number of aromatic nitrogens is 1. The van der Waals surface area contributed by atoms with E-state index in [-0.39, 0.29) is 5.43 Å². The van der Waals surface area contributed by atoms with Gasteiger partial charge in [0.25, 0.3) is 0 Å². The smallest absolute Gasteiger partial charge is 0.192 e. The highest BCUT2D eigenvalue weighted by Gasteiger charge is 2.10. The quantitative estimate of drug-likeness (QED) is 0.818. The predicted octanol–water partition coefficient (Wildman–Crippen LogP) is 3.35. The van der Waals surface area contributed by atoms with Crippen molar-refractivity contribution in [3.63, 3.8) is 0 Å². The summed E-state index contributed by atoms with van der Waals surface area (Å²) in [6, 6.07) is 5.91. The van der Waals surface area contributed by atoms with Crippen LogP contribution >= 0.6 is 0 Å². The zero-order valence-electron chi connectivity index (χ0n) is 10.0. The highest BCUT2D eigenvalue weighted by Crippen LogP contribution is 2.17. The molecule has 0 amide bonds. The van der Waals surface area contributed by atoms with Crippen LogP contribution < -0.4 is 5.43 Å². The molecule has 1 aromatic heterocycles. The predicted molar refractivity (Wildman–Crippen MR) is 68.0 cm³/mol. The molecule has 0 aliphatic carbocycles. The molecule has 0 aliphatic heterocycles. The number of pyridine rings is 1. The lowest BCUT2D eigenvalue weighted by molar-refractivity contribution is 0.726. The lowest BCUT2D eigenvalue weighted by atomic mass is 9.98. The maximum absolute atomic E-state index is 12.2. The third-order valence-electron chi connectivity index (χ3n) is 3.21. The third kappa shape index (κ3) is 1.75. The summed E-state index contributed by atoms with van der Waals surface area (Å²) in [5.74, 6) is 0.314. The highest BCUT2D eigenvalue weighted by molar-refractivity contribution is 5.79. The molecule has 0 aliphatic rings. The van der Waals surface area contributed by atoms with E-state index in [4.69, 9.17) is 0 Å². The van der Waals surface area contributed by atoms with Crippen LogP contribution in [0.4, 0.5) is 0 Å². The van der Waals surface area contributed by atoms with Gasteiger partial charge in [-0.25, -0.2) is 0 Å². The van der Waals surface area contributed by atoms with Gasteiger partial charge in [-0.2, -0.15) is 0 Å². The SMILES string of the molecule is CCC(C)c1c[nH]c2cc(C)ccc2c1=O. The van der Waals surface area contributed by atoms with E-state index in [0.29, 0.717) is 5.92 Å². The molecule has 16 heavy (non-hydrogen) atoms. The molecule has 0 radical (unpaired) electrons. The van der Waals surface area contributed by atoms with Crippen molar-refractivity contribution in [2.45, 2.75) is 33.1 Å². The Balaban J connectivity index is 2.71. The number of benzene rings is 1. The minimum Gasteiger partial charge on any atom is -0.361 e. The lowest BCUT2D eigenvalue weighted by Gasteiger charge is -2.09. The average molecular weight is 215 g/mol. The number of rotatable bonds is 2. The molecule has 0 spiro atoms. The second-order valence-electron chi connectivity index (χ2n) is 4.43. The van der Waals surface area contributed by atoms with Crippen molar-refractivity contribution in [2.75, 3.05) is 0 Å². The zero-order chi connectivity index (χ0) is 11.7. The first-order valence-electron chi connectivity index (χ1n) is 5.75. The van der Waals surface area contributed by atoms with Crippen molar-refractivity contribution >= 4 is 10.9 Å². The number of hydrogen-bond donors (Lipinski definition) is 1. The van der Waals surface area contributed by atoms with Gasteiger partial charge in [0.2, 0.25) is 0 Å². The Morgan fingerprint density at radius 1 is 1.38 bits per heavy atom. The van der Waals surface area contributed by atoms with Gasteiger partial charge in [-0.15, -0.1) is 0 Å². The Bertz CT molecular complexity index is 568. The molecule has 0 saturated heterocycles. The molecular formula is C14H17NO. The first-order valence-corrected chi connectivity index (χ1v) is 5.75. The molecule has 1 heterocycles. The summed E-state index contributed by atoms with van der Waals surface area (Å²) < 4.78 is 0. The maximum atomic E-state index is 12.2. The molecule has 1 aromatic carbocycles. The number of nitrogens with one attached hydrogen (secondary N) is 1. The number of aryl methyl sites for hydroxylation is 1. The molecule has 84 valence electrons. The Morgan fingerprint density at radius 3 is 2.81 bits per heavy atom. The van der Waals surface area contributed by atoms with E-state index in [1.807, 2.05) is 31.3 Å². The van der Waals surface area contributed by atoms with Gasteiger partial charge in [0.1, 0.15) is 0 Å². The molecule has 2 rings (SSSR count). The Hall–Kier alpha value is -1.57. The Labute approximate surface area is 95.3 Å². The van der Waals surface area contributed by atoms with Crippen LogP contribution in [0.5, 0.6) is 0 Å². The van der Waals surface area contributed by atoms with Crippen molar-refractivity contribution in [2.24, 2.45) is 0 Å². The fraction of sp³-hybridized carbons (Fsp3) is 0.357. The van der Waals surface area contributed by atoms with Gasteiger partial charge >= 0.3 is 0 Å². The molecule has 0 bridgehead atoms. The second-order valence-corrected chi connectivity index (χ2v) is 4.43. The number of H-pyrrole nitrogens is 1. The summed E-state index contributed by atoms with van der Waals surface area (Å²) in [5, 5.41) is 0.795. The monoisotopic (exact) mass is 215 g/mol. The van der Waals surface area contributed by atoms with Crippen LogP contribution in [-0.4, -0.2) is 4.98 Å². The van der Waals surface area contributed by atoms with E-state index in [1.165, 1.54) is 5.56 Å². The van der Waals surface area contributed by atoms with Gasteiger partial charge in [0.15, 0.2) is 5.43 Å². The highest BCUT2D eigenvalue weighted by atomic mass is 16.1. The molecule has 2 aromatic rings. The van der Waals surface area contributed by atoms with Crippen LogP contribution in [0.15, 0.2) is 29.2 Å². The van der Waals surface area contributed by atoms with E-state index in [1.54, 1.807) is 0 Å². The van der Waals surface area contributed by atoms with E-state index in [2.05, 4.69) is 18.8 Å².